The summed E-state index contributed by atoms with van der Waals surface area (Å²) in [6.07, 6.45) is 3.73. The third-order valence-electron chi connectivity index (χ3n) is 2.78. The lowest BCUT2D eigenvalue weighted by Crippen LogP contribution is -2.43. The van der Waals surface area contributed by atoms with Crippen LogP contribution in [0.2, 0.25) is 0 Å². The van der Waals surface area contributed by atoms with Crippen LogP contribution in [-0.4, -0.2) is 23.8 Å². The van der Waals surface area contributed by atoms with Gasteiger partial charge in [-0.2, -0.15) is 0 Å². The standard InChI is InChI=1S/C7H13NO/c9-5-7-2-1-6(3-7)4-8-7/h6,8-9H,1-5H2/t6-,7+/m0/s1. The van der Waals surface area contributed by atoms with Crippen LogP contribution in [0, 0.1) is 5.92 Å². The fourth-order valence-corrected chi connectivity index (χ4v) is 2.13. The summed E-state index contributed by atoms with van der Waals surface area (Å²) in [6.45, 7) is 1.48. The Morgan fingerprint density at radius 2 is 2.56 bits per heavy atom. The first kappa shape index (κ1) is 5.69. The molecule has 1 aliphatic carbocycles. The minimum absolute atomic E-state index is 0.157. The summed E-state index contributed by atoms with van der Waals surface area (Å²) in [5.41, 5.74) is 0.157. The maximum absolute atomic E-state index is 8.98. The van der Waals surface area contributed by atoms with Crippen molar-refractivity contribution in [1.29, 1.82) is 0 Å². The molecule has 1 heterocycles. The van der Waals surface area contributed by atoms with Crippen LogP contribution in [0.25, 0.3) is 0 Å². The number of hydrogen-bond donors (Lipinski definition) is 2. The van der Waals surface area contributed by atoms with E-state index in [1.54, 1.807) is 0 Å². The van der Waals surface area contributed by atoms with Crippen LogP contribution in [0.15, 0.2) is 0 Å². The van der Waals surface area contributed by atoms with Crippen molar-refractivity contribution >= 4 is 0 Å². The molecule has 0 amide bonds. The Morgan fingerprint density at radius 3 is 2.78 bits per heavy atom. The van der Waals surface area contributed by atoms with E-state index >= 15 is 0 Å². The van der Waals surface area contributed by atoms with Gasteiger partial charge in [0.15, 0.2) is 0 Å². The molecule has 2 atom stereocenters. The van der Waals surface area contributed by atoms with Crippen molar-refractivity contribution in [3.63, 3.8) is 0 Å². The normalized spacial score (nSPS) is 48.3. The summed E-state index contributed by atoms with van der Waals surface area (Å²) in [7, 11) is 0. The van der Waals surface area contributed by atoms with Crippen LogP contribution >= 0.6 is 0 Å². The average molecular weight is 127 g/mol. The van der Waals surface area contributed by atoms with Crippen LogP contribution < -0.4 is 5.32 Å². The van der Waals surface area contributed by atoms with Crippen LogP contribution in [-0.2, 0) is 0 Å². The van der Waals surface area contributed by atoms with E-state index in [-0.39, 0.29) is 5.54 Å². The first-order valence-corrected chi connectivity index (χ1v) is 3.71. The molecule has 9 heavy (non-hydrogen) atoms. The van der Waals surface area contributed by atoms with Crippen molar-refractivity contribution in [3.8, 4) is 0 Å². The second-order valence-electron chi connectivity index (χ2n) is 3.43. The minimum atomic E-state index is 0.157. The number of aliphatic hydroxyl groups is 1. The van der Waals surface area contributed by atoms with Gasteiger partial charge in [-0.05, 0) is 31.7 Å². The van der Waals surface area contributed by atoms with Gasteiger partial charge in [-0.15, -0.1) is 0 Å². The molecule has 2 fully saturated rings. The SMILES string of the molecule is OC[C@]12CC[C@H](CN1)C2. The number of nitrogens with one attached hydrogen (secondary N) is 1. The number of rotatable bonds is 1. The largest absolute Gasteiger partial charge is 0.394 e. The molecule has 1 aliphatic heterocycles. The Bertz CT molecular complexity index is 116. The van der Waals surface area contributed by atoms with Crippen molar-refractivity contribution in [3.05, 3.63) is 0 Å². The van der Waals surface area contributed by atoms with Gasteiger partial charge < -0.3 is 10.4 Å². The van der Waals surface area contributed by atoms with Gasteiger partial charge in [0.25, 0.3) is 0 Å². The van der Waals surface area contributed by atoms with Gasteiger partial charge in [-0.25, -0.2) is 0 Å². The fraction of sp³-hybridized carbons (Fsp3) is 1.00. The van der Waals surface area contributed by atoms with Crippen LogP contribution in [0.1, 0.15) is 19.3 Å². The zero-order chi connectivity index (χ0) is 6.32. The lowest BCUT2D eigenvalue weighted by atomic mass is 10.0. The molecule has 2 bridgehead atoms. The Labute approximate surface area is 55.3 Å². The van der Waals surface area contributed by atoms with E-state index < -0.39 is 0 Å². The molecular weight excluding hydrogens is 114 g/mol. The number of aliphatic hydroxyl groups excluding tert-OH is 1. The Morgan fingerprint density at radius 1 is 1.67 bits per heavy atom. The number of hydrogen-bond acceptors (Lipinski definition) is 2. The van der Waals surface area contributed by atoms with E-state index in [2.05, 4.69) is 5.32 Å². The molecular formula is C7H13NO. The van der Waals surface area contributed by atoms with Gasteiger partial charge in [0.1, 0.15) is 0 Å². The third kappa shape index (κ3) is 0.700. The highest BCUT2D eigenvalue weighted by atomic mass is 16.3. The van der Waals surface area contributed by atoms with Crippen molar-refractivity contribution in [2.75, 3.05) is 13.2 Å². The van der Waals surface area contributed by atoms with Crippen molar-refractivity contribution in [2.24, 2.45) is 5.92 Å². The van der Waals surface area contributed by atoms with Gasteiger partial charge >= 0.3 is 0 Å². The van der Waals surface area contributed by atoms with Gasteiger partial charge in [0.2, 0.25) is 0 Å². The van der Waals surface area contributed by atoms with Crippen LogP contribution in [0.5, 0.6) is 0 Å². The highest BCUT2D eigenvalue weighted by Gasteiger charge is 2.43. The molecule has 0 spiro atoms. The summed E-state index contributed by atoms with van der Waals surface area (Å²) in [5.74, 6) is 0.872. The second-order valence-corrected chi connectivity index (χ2v) is 3.43. The molecule has 1 saturated carbocycles. The zero-order valence-electron chi connectivity index (χ0n) is 5.56. The summed E-state index contributed by atoms with van der Waals surface area (Å²) in [5, 5.41) is 12.3. The maximum Gasteiger partial charge on any atom is 0.0613 e. The highest BCUT2D eigenvalue weighted by molar-refractivity contribution is 5.02. The summed E-state index contributed by atoms with van der Waals surface area (Å²) >= 11 is 0. The molecule has 2 N–H and O–H groups in total. The molecule has 2 aliphatic rings. The quantitative estimate of drug-likeness (QED) is 0.524. The first-order valence-electron chi connectivity index (χ1n) is 3.71. The van der Waals surface area contributed by atoms with Crippen LogP contribution in [0.3, 0.4) is 0 Å². The van der Waals surface area contributed by atoms with Crippen molar-refractivity contribution in [1.82, 2.24) is 5.32 Å². The Hall–Kier alpha value is -0.0800. The Balaban J connectivity index is 2.13. The highest BCUT2D eigenvalue weighted by Crippen LogP contribution is 2.39. The maximum atomic E-state index is 8.98. The minimum Gasteiger partial charge on any atom is -0.394 e. The van der Waals surface area contributed by atoms with E-state index in [1.165, 1.54) is 19.3 Å². The lowest BCUT2D eigenvalue weighted by molar-refractivity contribution is 0.178. The topological polar surface area (TPSA) is 32.3 Å². The van der Waals surface area contributed by atoms with Gasteiger partial charge in [-0.1, -0.05) is 0 Å². The van der Waals surface area contributed by atoms with Gasteiger partial charge in [0, 0.05) is 5.54 Å². The molecule has 0 aromatic rings. The molecule has 52 valence electrons. The van der Waals surface area contributed by atoms with E-state index in [9.17, 15) is 0 Å². The van der Waals surface area contributed by atoms with E-state index in [4.69, 9.17) is 5.11 Å². The Kier molecular flexibility index (Phi) is 1.08. The van der Waals surface area contributed by atoms with Crippen molar-refractivity contribution in [2.45, 2.75) is 24.8 Å². The van der Waals surface area contributed by atoms with Crippen molar-refractivity contribution < 1.29 is 5.11 Å². The second kappa shape index (κ2) is 1.70. The van der Waals surface area contributed by atoms with Gasteiger partial charge in [-0.3, -0.25) is 0 Å². The third-order valence-corrected chi connectivity index (χ3v) is 2.78. The molecule has 0 radical (unpaired) electrons. The first-order chi connectivity index (χ1) is 4.35. The molecule has 0 aromatic carbocycles. The van der Waals surface area contributed by atoms with Gasteiger partial charge in [0.05, 0.1) is 6.61 Å². The average Bonchev–Trinajstić information content (AvgIpc) is 2.46. The molecule has 2 nitrogen and oxygen atoms in total. The van der Waals surface area contributed by atoms with Crippen LogP contribution in [0.4, 0.5) is 0 Å². The number of piperidine rings is 1. The predicted octanol–water partition coefficient (Wildman–Crippen LogP) is 0.121. The summed E-state index contributed by atoms with van der Waals surface area (Å²) < 4.78 is 0. The number of fused-ring (bicyclic) bond motifs is 2. The summed E-state index contributed by atoms with van der Waals surface area (Å²) in [4.78, 5) is 0. The summed E-state index contributed by atoms with van der Waals surface area (Å²) in [6, 6.07) is 0. The smallest absolute Gasteiger partial charge is 0.0613 e. The van der Waals surface area contributed by atoms with E-state index in [0.717, 1.165) is 12.5 Å². The van der Waals surface area contributed by atoms with E-state index in [1.807, 2.05) is 0 Å². The monoisotopic (exact) mass is 127 g/mol. The zero-order valence-corrected chi connectivity index (χ0v) is 5.56. The van der Waals surface area contributed by atoms with E-state index in [0.29, 0.717) is 6.61 Å². The molecule has 2 rings (SSSR count). The molecule has 0 unspecified atom stereocenters. The fourth-order valence-electron chi connectivity index (χ4n) is 2.13. The molecule has 0 aromatic heterocycles. The lowest BCUT2D eigenvalue weighted by Gasteiger charge is -2.24. The predicted molar refractivity (Wildman–Crippen MR) is 35.2 cm³/mol. The molecule has 2 heteroatoms. The molecule has 1 saturated heterocycles.